The van der Waals surface area contributed by atoms with Gasteiger partial charge in [-0.1, -0.05) is 0 Å². The largest absolute Gasteiger partial charge is 1.00 e. The number of aliphatic hydroxyl groups is 2. The Balaban J connectivity index is -0.00000306. The molecule has 19 nitrogen and oxygen atoms in total. The van der Waals surface area contributed by atoms with Gasteiger partial charge in [-0.2, -0.15) is 0 Å². The number of rotatable bonds is 10. The predicted molar refractivity (Wildman–Crippen MR) is 91.8 cm³/mol. The van der Waals surface area contributed by atoms with Gasteiger partial charge in [0.05, 0.1) is 37.4 Å². The Bertz CT molecular complexity index is 1060. The summed E-state index contributed by atoms with van der Waals surface area (Å²) in [5.74, 6) is -2.04. The molecule has 26 heteroatoms. The second-order valence-electron chi connectivity index (χ2n) is 6.93. The zero-order valence-electron chi connectivity index (χ0n) is 20.4. The van der Waals surface area contributed by atoms with Crippen LogP contribution in [0.2, 0.25) is 0 Å². The molecule has 0 radical (unpaired) electrons. The fourth-order valence-corrected chi connectivity index (χ4v) is 4.53. The first-order chi connectivity index (χ1) is 15.4. The fourth-order valence-electron chi connectivity index (χ4n) is 3.14. The predicted octanol–water partition coefficient (Wildman–Crippen LogP) is -18.9. The SMILES string of the molecule is O=C([O-])C1OCC(OS(=O)(=O)[O-])C(O)C1OC1OC(COS(=O)(=O)[O-])CC(O)C1NS(=O)(=O)[O-].[Na+].[Na+].[Na+].[Na+]. The molecule has 0 aromatic carbocycles. The number of carboxylic acid groups (broad SMARTS) is 1. The third kappa shape index (κ3) is 15.6. The molecule has 0 aliphatic carbocycles. The standard InChI is InChI=1S/C12H21NO18S3.4Na/c14-5-1-4(2-28-33(21,22)23)29-12(7(5)13-32(18,19)20)30-9-8(15)6(31-34(24,25)26)3-27-10(9)11(16)17;;;;/h4-10,12-15H,1-3H2,(H,16,17)(H,18,19,20)(H,21,22,23)(H,24,25,26);;;;/q;4*+1/p-4. The van der Waals surface area contributed by atoms with Gasteiger partial charge in [-0.25, -0.2) is 30.0 Å². The number of carboxylic acids is 1. The summed E-state index contributed by atoms with van der Waals surface area (Å²) in [4.78, 5) is 11.4. The number of carbonyl (C=O) groups is 1. The number of hydrogen-bond donors (Lipinski definition) is 3. The first-order valence-corrected chi connectivity index (χ1v) is 12.9. The molecule has 0 aromatic heterocycles. The first-order valence-electron chi connectivity index (χ1n) is 8.83. The van der Waals surface area contributed by atoms with E-state index in [0.29, 0.717) is 0 Å². The van der Waals surface area contributed by atoms with Gasteiger partial charge < -0.3 is 48.0 Å². The van der Waals surface area contributed by atoms with Crippen molar-refractivity contribution < 1.29 is 200 Å². The van der Waals surface area contributed by atoms with Gasteiger partial charge in [0.1, 0.15) is 24.4 Å². The minimum absolute atomic E-state index is 0. The summed E-state index contributed by atoms with van der Waals surface area (Å²) in [5.41, 5.74) is 0. The van der Waals surface area contributed by atoms with Gasteiger partial charge in [0, 0.05) is 6.42 Å². The molecule has 8 atom stereocenters. The van der Waals surface area contributed by atoms with Crippen LogP contribution in [-0.2, 0) is 58.5 Å². The number of aliphatic hydroxyl groups excluding tert-OH is 2. The fraction of sp³-hybridized carbons (Fsp3) is 0.917. The molecule has 2 heterocycles. The minimum Gasteiger partial charge on any atom is -0.735 e. The van der Waals surface area contributed by atoms with Crippen LogP contribution in [0, 0.1) is 0 Å². The Morgan fingerprint density at radius 1 is 0.974 bits per heavy atom. The van der Waals surface area contributed by atoms with Gasteiger partial charge in [-0.05, 0) is 0 Å². The van der Waals surface area contributed by atoms with E-state index < -0.39 is 106 Å². The van der Waals surface area contributed by atoms with Gasteiger partial charge in [0.25, 0.3) is 0 Å². The summed E-state index contributed by atoms with van der Waals surface area (Å²) in [6.07, 6.45) is -14.9. The number of hydrogen-bond acceptors (Lipinski definition) is 18. The molecule has 38 heavy (non-hydrogen) atoms. The molecule has 2 saturated heterocycles. The second-order valence-corrected chi connectivity index (χ2v) is 10.1. The van der Waals surface area contributed by atoms with Crippen LogP contribution in [0.5, 0.6) is 0 Å². The molecule has 0 bridgehead atoms. The summed E-state index contributed by atoms with van der Waals surface area (Å²) in [7, 11) is -16.0. The molecular weight excluding hydrogens is 634 g/mol. The van der Waals surface area contributed by atoms with Crippen LogP contribution in [0.25, 0.3) is 0 Å². The Morgan fingerprint density at radius 3 is 1.97 bits per heavy atom. The normalized spacial score (nSPS) is 31.9. The quantitative estimate of drug-likeness (QED) is 0.112. The zero-order chi connectivity index (χ0) is 26.1. The van der Waals surface area contributed by atoms with E-state index in [1.807, 2.05) is 0 Å². The minimum atomic E-state index is -5.44. The smallest absolute Gasteiger partial charge is 0.735 e. The molecule has 200 valence electrons. The van der Waals surface area contributed by atoms with Crippen molar-refractivity contribution >= 4 is 37.1 Å². The molecule has 2 aliphatic rings. The van der Waals surface area contributed by atoms with E-state index >= 15 is 0 Å². The van der Waals surface area contributed by atoms with Crippen LogP contribution in [0.15, 0.2) is 0 Å². The van der Waals surface area contributed by atoms with E-state index in [4.69, 9.17) is 14.2 Å². The third-order valence-corrected chi connectivity index (χ3v) is 5.91. The van der Waals surface area contributed by atoms with Crippen LogP contribution in [0.1, 0.15) is 6.42 Å². The van der Waals surface area contributed by atoms with E-state index in [2.05, 4.69) is 8.37 Å². The molecule has 3 N–H and O–H groups in total. The zero-order valence-corrected chi connectivity index (χ0v) is 30.8. The Morgan fingerprint density at radius 2 is 1.53 bits per heavy atom. The number of carbonyl (C=O) groups excluding carboxylic acids is 1. The number of ether oxygens (including phenoxy) is 3. The van der Waals surface area contributed by atoms with Gasteiger partial charge >= 0.3 is 118 Å². The summed E-state index contributed by atoms with van der Waals surface area (Å²) in [6.45, 7) is -1.99. The van der Waals surface area contributed by atoms with Crippen molar-refractivity contribution in [2.75, 3.05) is 13.2 Å². The van der Waals surface area contributed by atoms with Crippen molar-refractivity contribution in [3.8, 4) is 0 Å². The number of nitrogens with one attached hydrogen (secondary N) is 1. The maximum absolute atomic E-state index is 11.4. The molecule has 0 spiro atoms. The summed E-state index contributed by atoms with van der Waals surface area (Å²) in [6, 6.07) is -2.00. The van der Waals surface area contributed by atoms with Crippen LogP contribution in [0.3, 0.4) is 0 Å². The second kappa shape index (κ2) is 18.6. The Kier molecular flexibility index (Phi) is 22.2. The number of aliphatic carboxylic acids is 1. The molecular formula is C12H17NNa4O18S3. The van der Waals surface area contributed by atoms with Crippen molar-refractivity contribution in [3.63, 3.8) is 0 Å². The van der Waals surface area contributed by atoms with E-state index in [9.17, 15) is 59.0 Å². The van der Waals surface area contributed by atoms with Crippen molar-refractivity contribution in [1.82, 2.24) is 4.72 Å². The van der Waals surface area contributed by atoms with Crippen LogP contribution >= 0.6 is 0 Å². The van der Waals surface area contributed by atoms with Crippen LogP contribution < -0.4 is 128 Å². The monoisotopic (exact) mass is 651 g/mol. The van der Waals surface area contributed by atoms with Gasteiger partial charge in [-0.3, -0.25) is 8.37 Å². The average Bonchev–Trinajstić information content (AvgIpc) is 2.63. The van der Waals surface area contributed by atoms with E-state index in [-0.39, 0.29) is 118 Å². The van der Waals surface area contributed by atoms with Gasteiger partial charge in [0.15, 0.2) is 16.6 Å². The maximum atomic E-state index is 11.4. The average molecular weight is 651 g/mol. The van der Waals surface area contributed by atoms with Crippen molar-refractivity contribution in [3.05, 3.63) is 0 Å². The van der Waals surface area contributed by atoms with Crippen LogP contribution in [0.4, 0.5) is 0 Å². The van der Waals surface area contributed by atoms with Crippen molar-refractivity contribution in [2.24, 2.45) is 0 Å². The molecule has 0 amide bonds. The van der Waals surface area contributed by atoms with E-state index in [1.165, 1.54) is 4.72 Å². The Hall–Kier alpha value is 2.88. The third-order valence-electron chi connectivity index (χ3n) is 4.44. The summed E-state index contributed by atoms with van der Waals surface area (Å²) < 4.78 is 122. The van der Waals surface area contributed by atoms with E-state index in [1.54, 1.807) is 0 Å². The van der Waals surface area contributed by atoms with Crippen molar-refractivity contribution in [2.45, 2.75) is 55.4 Å². The van der Waals surface area contributed by atoms with Gasteiger partial charge in [0.2, 0.25) is 20.8 Å². The Labute approximate surface area is 305 Å². The summed E-state index contributed by atoms with van der Waals surface area (Å²) >= 11 is 0. The topological polar surface area (TPSA) is 310 Å². The van der Waals surface area contributed by atoms with Crippen molar-refractivity contribution in [1.29, 1.82) is 0 Å². The van der Waals surface area contributed by atoms with E-state index in [0.717, 1.165) is 0 Å². The molecule has 2 aliphatic heterocycles. The first kappa shape index (κ1) is 45.3. The summed E-state index contributed by atoms with van der Waals surface area (Å²) in [5, 5.41) is 31.9. The molecule has 0 aromatic rings. The molecule has 2 fully saturated rings. The molecule has 8 unspecified atom stereocenters. The molecule has 0 saturated carbocycles. The molecule has 2 rings (SSSR count). The maximum Gasteiger partial charge on any atom is 1.00 e. The van der Waals surface area contributed by atoms with Gasteiger partial charge in [-0.15, -0.1) is 0 Å². The van der Waals surface area contributed by atoms with Crippen LogP contribution in [-0.4, -0.2) is 117 Å².